The third-order valence-electron chi connectivity index (χ3n) is 4.74. The van der Waals surface area contributed by atoms with Crippen LogP contribution in [-0.4, -0.2) is 28.5 Å². The molecule has 0 unspecified atom stereocenters. The van der Waals surface area contributed by atoms with Gasteiger partial charge in [0.15, 0.2) is 0 Å². The van der Waals surface area contributed by atoms with Gasteiger partial charge in [-0.3, -0.25) is 9.10 Å². The summed E-state index contributed by atoms with van der Waals surface area (Å²) in [5.74, 6) is -0.0534. The van der Waals surface area contributed by atoms with Crippen LogP contribution in [0.5, 0.6) is 5.75 Å². The van der Waals surface area contributed by atoms with Crippen LogP contribution in [0.15, 0.2) is 52.7 Å². The predicted octanol–water partition coefficient (Wildman–Crippen LogP) is 5.10. The van der Waals surface area contributed by atoms with Gasteiger partial charge in [0.25, 0.3) is 15.9 Å². The number of amides is 1. The second-order valence-corrected chi connectivity index (χ2v) is 9.92. The van der Waals surface area contributed by atoms with Gasteiger partial charge in [-0.1, -0.05) is 17.7 Å². The van der Waals surface area contributed by atoms with Crippen LogP contribution in [0.4, 0.5) is 11.4 Å². The molecular formula is C21H21ClN2O4S2. The molecule has 1 aromatic heterocycles. The van der Waals surface area contributed by atoms with E-state index >= 15 is 0 Å². The van der Waals surface area contributed by atoms with Crippen molar-refractivity contribution in [2.75, 3.05) is 23.8 Å². The fourth-order valence-corrected chi connectivity index (χ4v) is 5.55. The number of rotatable bonds is 6. The minimum absolute atomic E-state index is 0.0506. The Labute approximate surface area is 185 Å². The minimum atomic E-state index is -3.93. The maximum absolute atomic E-state index is 13.2. The Morgan fingerprint density at radius 2 is 1.83 bits per heavy atom. The number of nitrogens with one attached hydrogen (secondary N) is 1. The predicted molar refractivity (Wildman–Crippen MR) is 122 cm³/mol. The first-order valence-electron chi connectivity index (χ1n) is 8.93. The van der Waals surface area contributed by atoms with E-state index in [1.807, 2.05) is 19.9 Å². The van der Waals surface area contributed by atoms with Gasteiger partial charge in [0.1, 0.15) is 15.5 Å². The molecule has 1 N–H and O–H groups in total. The zero-order valence-corrected chi connectivity index (χ0v) is 19.3. The van der Waals surface area contributed by atoms with Gasteiger partial charge in [-0.05, 0) is 66.8 Å². The van der Waals surface area contributed by atoms with Crippen LogP contribution in [0.25, 0.3) is 0 Å². The third-order valence-corrected chi connectivity index (χ3v) is 7.90. The summed E-state index contributed by atoms with van der Waals surface area (Å²) in [6.07, 6.45) is 0. The van der Waals surface area contributed by atoms with E-state index in [0.717, 1.165) is 22.5 Å². The number of sulfonamides is 1. The average Bonchev–Trinajstić information content (AvgIpc) is 3.20. The molecule has 1 heterocycles. The van der Waals surface area contributed by atoms with Crippen molar-refractivity contribution in [1.29, 1.82) is 0 Å². The molecule has 0 aliphatic carbocycles. The molecule has 0 aliphatic heterocycles. The monoisotopic (exact) mass is 464 g/mol. The van der Waals surface area contributed by atoms with E-state index in [2.05, 4.69) is 5.32 Å². The highest BCUT2D eigenvalue weighted by Gasteiger charge is 2.28. The smallest absolute Gasteiger partial charge is 0.267 e. The molecule has 158 valence electrons. The molecule has 0 saturated carbocycles. The molecule has 9 heteroatoms. The van der Waals surface area contributed by atoms with Gasteiger partial charge < -0.3 is 10.1 Å². The number of ether oxygens (including phenoxy) is 1. The number of thiophene rings is 1. The fourth-order valence-electron chi connectivity index (χ4n) is 2.81. The molecule has 3 aromatic rings. The number of halogens is 1. The molecular weight excluding hydrogens is 444 g/mol. The second-order valence-electron chi connectivity index (χ2n) is 6.66. The van der Waals surface area contributed by atoms with Crippen LogP contribution < -0.4 is 14.4 Å². The minimum Gasteiger partial charge on any atom is -0.495 e. The van der Waals surface area contributed by atoms with Crippen LogP contribution in [0.1, 0.15) is 20.8 Å². The average molecular weight is 465 g/mol. The van der Waals surface area contributed by atoms with Gasteiger partial charge in [-0.2, -0.15) is 0 Å². The summed E-state index contributed by atoms with van der Waals surface area (Å²) in [5, 5.41) is 4.61. The van der Waals surface area contributed by atoms with E-state index in [4.69, 9.17) is 16.3 Å². The van der Waals surface area contributed by atoms with Crippen molar-refractivity contribution in [1.82, 2.24) is 0 Å². The van der Waals surface area contributed by atoms with Crippen LogP contribution in [0, 0.1) is 13.8 Å². The molecule has 0 bridgehead atoms. The van der Waals surface area contributed by atoms with Gasteiger partial charge >= 0.3 is 0 Å². The van der Waals surface area contributed by atoms with Gasteiger partial charge in [0, 0.05) is 12.7 Å². The molecule has 0 fully saturated rings. The van der Waals surface area contributed by atoms with E-state index in [0.29, 0.717) is 22.1 Å². The number of anilines is 2. The van der Waals surface area contributed by atoms with Crippen molar-refractivity contribution in [2.45, 2.75) is 18.7 Å². The maximum atomic E-state index is 13.2. The first-order valence-corrected chi connectivity index (χ1v) is 11.6. The zero-order chi connectivity index (χ0) is 22.1. The van der Waals surface area contributed by atoms with E-state index in [1.165, 1.54) is 24.5 Å². The van der Waals surface area contributed by atoms with Gasteiger partial charge in [0.05, 0.1) is 17.8 Å². The largest absolute Gasteiger partial charge is 0.495 e. The molecule has 30 heavy (non-hydrogen) atoms. The second kappa shape index (κ2) is 8.67. The molecule has 0 radical (unpaired) electrons. The number of carbonyl (C=O) groups excluding carboxylic acids is 1. The summed E-state index contributed by atoms with van der Waals surface area (Å²) in [6.45, 7) is 3.88. The highest BCUT2D eigenvalue weighted by atomic mass is 35.5. The summed E-state index contributed by atoms with van der Waals surface area (Å²) >= 11 is 7.16. The van der Waals surface area contributed by atoms with Crippen molar-refractivity contribution in [2.24, 2.45) is 0 Å². The van der Waals surface area contributed by atoms with E-state index < -0.39 is 15.9 Å². The first kappa shape index (κ1) is 22.1. The molecule has 6 nitrogen and oxygen atoms in total. The third kappa shape index (κ3) is 4.30. The van der Waals surface area contributed by atoms with Crippen LogP contribution in [0.2, 0.25) is 5.02 Å². The molecule has 0 saturated heterocycles. The number of benzene rings is 2. The lowest BCUT2D eigenvalue weighted by atomic mass is 10.1. The molecule has 2 aromatic carbocycles. The van der Waals surface area contributed by atoms with Crippen molar-refractivity contribution >= 4 is 50.2 Å². The molecule has 0 spiro atoms. The SMILES string of the molecule is COc1ccc(NC(=O)c2sccc2S(=O)(=O)N(C)c2ccc(C)c(C)c2)cc1Cl. The van der Waals surface area contributed by atoms with Gasteiger partial charge in [0.2, 0.25) is 0 Å². The number of aryl methyl sites for hydroxylation is 2. The Morgan fingerprint density at radius 1 is 1.10 bits per heavy atom. The first-order chi connectivity index (χ1) is 14.1. The number of hydrogen-bond acceptors (Lipinski definition) is 5. The Bertz CT molecular complexity index is 1210. The molecule has 0 atom stereocenters. The van der Waals surface area contributed by atoms with Gasteiger partial charge in [-0.15, -0.1) is 11.3 Å². The lowest BCUT2D eigenvalue weighted by molar-refractivity contribution is 0.102. The lowest BCUT2D eigenvalue weighted by Gasteiger charge is -2.20. The quantitative estimate of drug-likeness (QED) is 0.550. The highest BCUT2D eigenvalue weighted by molar-refractivity contribution is 7.93. The zero-order valence-electron chi connectivity index (χ0n) is 16.9. The Balaban J connectivity index is 1.90. The fraction of sp³-hybridized carbons (Fsp3) is 0.190. The molecule has 1 amide bonds. The molecule has 0 aliphatic rings. The van der Waals surface area contributed by atoms with E-state index in [-0.39, 0.29) is 9.77 Å². The Hall–Kier alpha value is -2.55. The number of carbonyl (C=O) groups is 1. The Morgan fingerprint density at radius 3 is 2.47 bits per heavy atom. The van der Waals surface area contributed by atoms with Gasteiger partial charge in [-0.25, -0.2) is 8.42 Å². The van der Waals surface area contributed by atoms with Crippen LogP contribution in [0.3, 0.4) is 0 Å². The Kier molecular flexibility index (Phi) is 6.40. The highest BCUT2D eigenvalue weighted by Crippen LogP contribution is 2.31. The summed E-state index contributed by atoms with van der Waals surface area (Å²) in [5.41, 5.74) is 3.01. The summed E-state index contributed by atoms with van der Waals surface area (Å²) in [4.78, 5) is 12.9. The van der Waals surface area contributed by atoms with Crippen molar-refractivity contribution in [3.05, 3.63) is 68.9 Å². The van der Waals surface area contributed by atoms with E-state index in [1.54, 1.807) is 35.7 Å². The van der Waals surface area contributed by atoms with Crippen molar-refractivity contribution in [3.8, 4) is 5.75 Å². The summed E-state index contributed by atoms with van der Waals surface area (Å²) in [6, 6.07) is 11.6. The molecule has 3 rings (SSSR count). The van der Waals surface area contributed by atoms with Crippen molar-refractivity contribution < 1.29 is 17.9 Å². The number of methoxy groups -OCH3 is 1. The van der Waals surface area contributed by atoms with E-state index in [9.17, 15) is 13.2 Å². The maximum Gasteiger partial charge on any atom is 0.267 e. The summed E-state index contributed by atoms with van der Waals surface area (Å²) < 4.78 is 32.7. The lowest BCUT2D eigenvalue weighted by Crippen LogP contribution is -2.28. The standard InChI is InChI=1S/C21H21ClN2O4S2/c1-13-5-7-16(11-14(13)2)24(3)30(26,27)19-9-10-29-20(19)21(25)23-15-6-8-18(28-4)17(22)12-15/h5-12H,1-4H3,(H,23,25). The van der Waals surface area contributed by atoms with Crippen LogP contribution >= 0.6 is 22.9 Å². The van der Waals surface area contributed by atoms with Crippen LogP contribution in [-0.2, 0) is 10.0 Å². The number of nitrogens with zero attached hydrogens (tertiary/aromatic N) is 1. The topological polar surface area (TPSA) is 75.7 Å². The summed E-state index contributed by atoms with van der Waals surface area (Å²) in [7, 11) is -0.960. The van der Waals surface area contributed by atoms with Crippen molar-refractivity contribution in [3.63, 3.8) is 0 Å². The number of hydrogen-bond donors (Lipinski definition) is 1. The normalized spacial score (nSPS) is 11.2.